The van der Waals surface area contributed by atoms with Gasteiger partial charge in [-0.15, -0.1) is 0 Å². The largest absolute Gasteiger partial charge is 0.380 e. The Morgan fingerprint density at radius 1 is 1.41 bits per heavy atom. The van der Waals surface area contributed by atoms with E-state index in [1.807, 2.05) is 18.2 Å². The second kappa shape index (κ2) is 6.05. The molecule has 1 saturated heterocycles. The van der Waals surface area contributed by atoms with Crippen LogP contribution in [0.3, 0.4) is 0 Å². The van der Waals surface area contributed by atoms with Crippen LogP contribution in [0.25, 0.3) is 0 Å². The lowest BCUT2D eigenvalue weighted by Crippen LogP contribution is -2.32. The van der Waals surface area contributed by atoms with Gasteiger partial charge in [0, 0.05) is 18.7 Å². The van der Waals surface area contributed by atoms with Crippen LogP contribution in [0.1, 0.15) is 31.4 Å². The number of ether oxygens (including phenoxy) is 1. The molecule has 1 fully saturated rings. The molecule has 1 aliphatic heterocycles. The van der Waals surface area contributed by atoms with E-state index >= 15 is 0 Å². The summed E-state index contributed by atoms with van der Waals surface area (Å²) in [5.74, 6) is 0. The zero-order valence-electron chi connectivity index (χ0n) is 9.88. The van der Waals surface area contributed by atoms with Crippen molar-refractivity contribution in [1.29, 1.82) is 0 Å². The fourth-order valence-electron chi connectivity index (χ4n) is 2.13. The van der Waals surface area contributed by atoms with E-state index in [0.717, 1.165) is 26.1 Å². The number of benzene rings is 1. The van der Waals surface area contributed by atoms with Crippen LogP contribution in [0.5, 0.6) is 0 Å². The third-order valence-electron chi connectivity index (χ3n) is 3.12. The second-order valence-corrected chi connectivity index (χ2v) is 5.18. The molecule has 1 aromatic rings. The maximum Gasteiger partial charge on any atom is 0.0620 e. The van der Waals surface area contributed by atoms with Crippen molar-refractivity contribution in [3.8, 4) is 0 Å². The topological polar surface area (TPSA) is 21.3 Å². The van der Waals surface area contributed by atoms with Gasteiger partial charge in [-0.05, 0) is 30.5 Å². The summed E-state index contributed by atoms with van der Waals surface area (Å²) in [6.07, 6.45) is 2.10. The van der Waals surface area contributed by atoms with Crippen molar-refractivity contribution in [2.24, 2.45) is 0 Å². The van der Waals surface area contributed by atoms with Gasteiger partial charge in [0.25, 0.3) is 0 Å². The zero-order valence-corrected chi connectivity index (χ0v) is 11.4. The van der Waals surface area contributed by atoms with Crippen molar-refractivity contribution in [1.82, 2.24) is 5.32 Å². The molecule has 1 heterocycles. The molecule has 1 aliphatic rings. The molecule has 0 amide bonds. The Bertz CT molecular complexity index is 378. The molecule has 94 valence electrons. The van der Waals surface area contributed by atoms with Gasteiger partial charge in [-0.3, -0.25) is 0 Å². The van der Waals surface area contributed by atoms with Gasteiger partial charge < -0.3 is 10.1 Å². The highest BCUT2D eigenvalue weighted by atomic mass is 35.5. The fourth-order valence-corrected chi connectivity index (χ4v) is 2.44. The number of halogens is 2. The van der Waals surface area contributed by atoms with Crippen LogP contribution in [0, 0.1) is 0 Å². The first-order valence-electron chi connectivity index (χ1n) is 5.99. The summed E-state index contributed by atoms with van der Waals surface area (Å²) < 4.78 is 5.37. The summed E-state index contributed by atoms with van der Waals surface area (Å²) in [6, 6.07) is 6.60. The molecule has 1 N–H and O–H groups in total. The summed E-state index contributed by atoms with van der Waals surface area (Å²) in [7, 11) is 0. The Labute approximate surface area is 112 Å². The molecule has 0 aliphatic carbocycles. The minimum atomic E-state index is 0.316. The van der Waals surface area contributed by atoms with Crippen LogP contribution >= 0.6 is 23.2 Å². The molecule has 0 saturated carbocycles. The van der Waals surface area contributed by atoms with Crippen molar-refractivity contribution >= 4 is 23.2 Å². The molecule has 1 aromatic carbocycles. The molecule has 2 nitrogen and oxygen atoms in total. The molecule has 0 bridgehead atoms. The van der Waals surface area contributed by atoms with E-state index in [1.54, 1.807) is 0 Å². The molecule has 0 aromatic heterocycles. The first-order chi connectivity index (χ1) is 8.20. The van der Waals surface area contributed by atoms with Gasteiger partial charge >= 0.3 is 0 Å². The summed E-state index contributed by atoms with van der Waals surface area (Å²) in [5, 5.41) is 4.83. The smallest absolute Gasteiger partial charge is 0.0620 e. The summed E-state index contributed by atoms with van der Waals surface area (Å²) in [5.41, 5.74) is 1.19. The minimum absolute atomic E-state index is 0.316. The molecule has 4 heteroatoms. The van der Waals surface area contributed by atoms with E-state index in [2.05, 4.69) is 12.2 Å². The highest BCUT2D eigenvalue weighted by molar-refractivity contribution is 6.42. The van der Waals surface area contributed by atoms with Gasteiger partial charge in [0.05, 0.1) is 16.7 Å². The highest BCUT2D eigenvalue weighted by Gasteiger charge is 2.20. The van der Waals surface area contributed by atoms with Crippen molar-refractivity contribution in [3.05, 3.63) is 33.8 Å². The van der Waals surface area contributed by atoms with Gasteiger partial charge in [-0.25, -0.2) is 0 Å². The molecule has 17 heavy (non-hydrogen) atoms. The average Bonchev–Trinajstić information content (AvgIpc) is 2.82. The van der Waals surface area contributed by atoms with Crippen LogP contribution in [0.4, 0.5) is 0 Å². The molecular formula is C13H17Cl2NO. The SMILES string of the molecule is CCC(NC1CCOC1)c1ccc(Cl)c(Cl)c1. The lowest BCUT2D eigenvalue weighted by molar-refractivity contribution is 0.187. The van der Waals surface area contributed by atoms with Crippen LogP contribution in [0.2, 0.25) is 10.0 Å². The molecule has 0 radical (unpaired) electrons. The van der Waals surface area contributed by atoms with E-state index in [0.29, 0.717) is 22.1 Å². The average molecular weight is 274 g/mol. The number of hydrogen-bond acceptors (Lipinski definition) is 2. The molecule has 2 unspecified atom stereocenters. The minimum Gasteiger partial charge on any atom is -0.380 e. The lowest BCUT2D eigenvalue weighted by Gasteiger charge is -2.21. The Balaban J connectivity index is 2.08. The Morgan fingerprint density at radius 3 is 2.82 bits per heavy atom. The van der Waals surface area contributed by atoms with Gasteiger partial charge in [0.15, 0.2) is 0 Å². The first kappa shape index (κ1) is 13.2. The predicted octanol–water partition coefficient (Wildman–Crippen LogP) is 3.82. The number of rotatable bonds is 4. The first-order valence-corrected chi connectivity index (χ1v) is 6.75. The van der Waals surface area contributed by atoms with Gasteiger partial charge in [-0.1, -0.05) is 36.2 Å². The Morgan fingerprint density at radius 2 is 2.24 bits per heavy atom. The molecule has 2 atom stereocenters. The maximum atomic E-state index is 6.05. The van der Waals surface area contributed by atoms with Gasteiger partial charge in [0.1, 0.15) is 0 Å². The van der Waals surface area contributed by atoms with Gasteiger partial charge in [0.2, 0.25) is 0 Å². The van der Waals surface area contributed by atoms with Crippen LogP contribution in [0.15, 0.2) is 18.2 Å². The van der Waals surface area contributed by atoms with E-state index in [1.165, 1.54) is 5.56 Å². The van der Waals surface area contributed by atoms with Crippen molar-refractivity contribution in [3.63, 3.8) is 0 Å². The van der Waals surface area contributed by atoms with Crippen LogP contribution in [-0.4, -0.2) is 19.3 Å². The quantitative estimate of drug-likeness (QED) is 0.901. The summed E-state index contributed by atoms with van der Waals surface area (Å²) in [4.78, 5) is 0. The van der Waals surface area contributed by atoms with E-state index in [4.69, 9.17) is 27.9 Å². The monoisotopic (exact) mass is 273 g/mol. The highest BCUT2D eigenvalue weighted by Crippen LogP contribution is 2.27. The number of nitrogens with one attached hydrogen (secondary N) is 1. The van der Waals surface area contributed by atoms with Crippen LogP contribution in [-0.2, 0) is 4.74 Å². The molecular weight excluding hydrogens is 257 g/mol. The standard InChI is InChI=1S/C13H17Cl2NO/c1-2-13(16-10-5-6-17-8-10)9-3-4-11(14)12(15)7-9/h3-4,7,10,13,16H,2,5-6,8H2,1H3. The normalized spacial score (nSPS) is 21.7. The summed E-state index contributed by atoms with van der Waals surface area (Å²) >= 11 is 12.0. The number of hydrogen-bond donors (Lipinski definition) is 1. The fraction of sp³-hybridized carbons (Fsp3) is 0.538. The maximum absolute atomic E-state index is 6.05. The third-order valence-corrected chi connectivity index (χ3v) is 3.86. The Hall–Kier alpha value is -0.280. The van der Waals surface area contributed by atoms with Gasteiger partial charge in [-0.2, -0.15) is 0 Å². The molecule has 0 spiro atoms. The molecule has 2 rings (SSSR count). The van der Waals surface area contributed by atoms with E-state index in [9.17, 15) is 0 Å². The van der Waals surface area contributed by atoms with E-state index in [-0.39, 0.29) is 0 Å². The van der Waals surface area contributed by atoms with Crippen molar-refractivity contribution in [2.45, 2.75) is 31.8 Å². The Kier molecular flexibility index (Phi) is 4.69. The van der Waals surface area contributed by atoms with Crippen molar-refractivity contribution in [2.75, 3.05) is 13.2 Å². The van der Waals surface area contributed by atoms with Crippen molar-refractivity contribution < 1.29 is 4.74 Å². The predicted molar refractivity (Wildman–Crippen MR) is 71.9 cm³/mol. The van der Waals surface area contributed by atoms with E-state index < -0.39 is 0 Å². The lowest BCUT2D eigenvalue weighted by atomic mass is 10.0. The summed E-state index contributed by atoms with van der Waals surface area (Å²) in [6.45, 7) is 3.82. The third kappa shape index (κ3) is 3.35. The second-order valence-electron chi connectivity index (χ2n) is 4.36. The van der Waals surface area contributed by atoms with Crippen LogP contribution < -0.4 is 5.32 Å². The zero-order chi connectivity index (χ0) is 12.3.